The van der Waals surface area contributed by atoms with Crippen LogP contribution in [0.5, 0.6) is 0 Å². The molecule has 1 atom stereocenters. The van der Waals surface area contributed by atoms with Crippen LogP contribution >= 0.6 is 0 Å². The second-order valence-electron chi connectivity index (χ2n) is 5.47. The van der Waals surface area contributed by atoms with Crippen LogP contribution in [0.2, 0.25) is 0 Å². The van der Waals surface area contributed by atoms with Gasteiger partial charge >= 0.3 is 0 Å². The fourth-order valence-corrected chi connectivity index (χ4v) is 2.39. The number of rotatable bonds is 3. The molecule has 19 heavy (non-hydrogen) atoms. The molecule has 4 nitrogen and oxygen atoms in total. The molecule has 4 heteroatoms. The van der Waals surface area contributed by atoms with Crippen LogP contribution in [0.25, 0.3) is 0 Å². The highest BCUT2D eigenvalue weighted by atomic mass is 16.2. The predicted octanol–water partition coefficient (Wildman–Crippen LogP) is 1.76. The first-order valence-electron chi connectivity index (χ1n) is 6.86. The molecule has 0 aromatic heterocycles. The van der Waals surface area contributed by atoms with Gasteiger partial charge in [0, 0.05) is 31.4 Å². The molecule has 0 spiro atoms. The van der Waals surface area contributed by atoms with Crippen LogP contribution in [-0.4, -0.2) is 37.0 Å². The average molecular weight is 261 g/mol. The number of carbonyl (C=O) groups excluding carboxylic acids is 1. The van der Waals surface area contributed by atoms with E-state index in [4.69, 9.17) is 5.73 Å². The number of anilines is 1. The first-order valence-corrected chi connectivity index (χ1v) is 6.86. The Morgan fingerprint density at radius 3 is 2.84 bits per heavy atom. The van der Waals surface area contributed by atoms with E-state index in [-0.39, 0.29) is 18.0 Å². The summed E-state index contributed by atoms with van der Waals surface area (Å²) in [6.07, 6.45) is 0.898. The Kier molecular flexibility index (Phi) is 4.10. The molecule has 1 amide bonds. The molecule has 0 aliphatic carbocycles. The van der Waals surface area contributed by atoms with Crippen LogP contribution < -0.4 is 10.6 Å². The zero-order chi connectivity index (χ0) is 14.0. The molecule has 104 valence electrons. The highest BCUT2D eigenvalue weighted by molar-refractivity contribution is 5.82. The SMILES string of the molecule is CC(C)N(C)C(=O)CN1CCC(N)c2ccccc21. The number of likely N-dealkylation sites (N-methyl/N-ethyl adjacent to an activating group) is 1. The Labute approximate surface area is 115 Å². The fraction of sp³-hybridized carbons (Fsp3) is 0.533. The number of para-hydroxylation sites is 1. The Balaban J connectivity index is 2.15. The summed E-state index contributed by atoms with van der Waals surface area (Å²) in [6, 6.07) is 8.44. The Morgan fingerprint density at radius 2 is 2.16 bits per heavy atom. The zero-order valence-electron chi connectivity index (χ0n) is 12.0. The van der Waals surface area contributed by atoms with Crippen LogP contribution in [0.1, 0.15) is 31.9 Å². The minimum absolute atomic E-state index is 0.0883. The number of nitrogens with zero attached hydrogens (tertiary/aromatic N) is 2. The van der Waals surface area contributed by atoms with E-state index in [0.29, 0.717) is 6.54 Å². The van der Waals surface area contributed by atoms with E-state index in [9.17, 15) is 4.79 Å². The van der Waals surface area contributed by atoms with Crippen LogP contribution in [0.15, 0.2) is 24.3 Å². The van der Waals surface area contributed by atoms with Crippen molar-refractivity contribution in [2.24, 2.45) is 5.73 Å². The van der Waals surface area contributed by atoms with Gasteiger partial charge in [0.25, 0.3) is 0 Å². The summed E-state index contributed by atoms with van der Waals surface area (Å²) in [5, 5.41) is 0. The van der Waals surface area contributed by atoms with Gasteiger partial charge < -0.3 is 15.5 Å². The monoisotopic (exact) mass is 261 g/mol. The number of hydrogen-bond donors (Lipinski definition) is 1. The molecular weight excluding hydrogens is 238 g/mol. The number of hydrogen-bond acceptors (Lipinski definition) is 3. The summed E-state index contributed by atoms with van der Waals surface area (Å²) in [6.45, 7) is 5.32. The van der Waals surface area contributed by atoms with Gasteiger partial charge in [-0.3, -0.25) is 4.79 Å². The summed E-state index contributed by atoms with van der Waals surface area (Å²) in [7, 11) is 1.86. The number of carbonyl (C=O) groups is 1. The van der Waals surface area contributed by atoms with E-state index >= 15 is 0 Å². The Bertz CT molecular complexity index is 458. The highest BCUT2D eigenvalue weighted by Gasteiger charge is 2.24. The summed E-state index contributed by atoms with van der Waals surface area (Å²) in [4.78, 5) is 16.1. The lowest BCUT2D eigenvalue weighted by atomic mass is 9.97. The lowest BCUT2D eigenvalue weighted by Gasteiger charge is -2.35. The number of amides is 1. The summed E-state index contributed by atoms with van der Waals surface area (Å²) in [5.41, 5.74) is 8.38. The summed E-state index contributed by atoms with van der Waals surface area (Å²) in [5.74, 6) is 0.153. The van der Waals surface area contributed by atoms with Gasteiger partial charge in [-0.2, -0.15) is 0 Å². The van der Waals surface area contributed by atoms with E-state index in [1.54, 1.807) is 4.90 Å². The minimum atomic E-state index is 0.0883. The quantitative estimate of drug-likeness (QED) is 0.902. The molecule has 0 saturated carbocycles. The molecule has 2 N–H and O–H groups in total. The van der Waals surface area contributed by atoms with Crippen molar-refractivity contribution in [2.75, 3.05) is 25.0 Å². The van der Waals surface area contributed by atoms with Crippen molar-refractivity contribution >= 4 is 11.6 Å². The molecule has 1 unspecified atom stereocenters. The molecule has 0 bridgehead atoms. The van der Waals surface area contributed by atoms with Crippen molar-refractivity contribution in [3.05, 3.63) is 29.8 Å². The molecule has 0 radical (unpaired) electrons. The van der Waals surface area contributed by atoms with E-state index < -0.39 is 0 Å². The normalized spacial score (nSPS) is 18.4. The number of nitrogens with two attached hydrogens (primary N) is 1. The minimum Gasteiger partial charge on any atom is -0.362 e. The second kappa shape index (κ2) is 5.61. The maximum absolute atomic E-state index is 12.2. The van der Waals surface area contributed by atoms with Crippen molar-refractivity contribution in [1.29, 1.82) is 0 Å². The van der Waals surface area contributed by atoms with Gasteiger partial charge in [0.1, 0.15) is 0 Å². The summed E-state index contributed by atoms with van der Waals surface area (Å²) < 4.78 is 0. The van der Waals surface area contributed by atoms with Gasteiger partial charge in [-0.05, 0) is 31.9 Å². The average Bonchev–Trinajstić information content (AvgIpc) is 2.41. The number of fused-ring (bicyclic) bond motifs is 1. The topological polar surface area (TPSA) is 49.6 Å². The molecule has 0 fully saturated rings. The molecule has 1 heterocycles. The second-order valence-corrected chi connectivity index (χ2v) is 5.47. The van der Waals surface area contributed by atoms with Gasteiger partial charge in [-0.25, -0.2) is 0 Å². The third kappa shape index (κ3) is 2.89. The molecule has 1 aliphatic rings. The van der Waals surface area contributed by atoms with Crippen molar-refractivity contribution in [3.63, 3.8) is 0 Å². The molecule has 2 rings (SSSR count). The van der Waals surface area contributed by atoms with Crippen molar-refractivity contribution < 1.29 is 4.79 Å². The molecule has 0 saturated heterocycles. The van der Waals surface area contributed by atoms with Gasteiger partial charge in [0.05, 0.1) is 6.54 Å². The maximum atomic E-state index is 12.2. The van der Waals surface area contributed by atoms with Crippen LogP contribution in [0.3, 0.4) is 0 Å². The lowest BCUT2D eigenvalue weighted by molar-refractivity contribution is -0.129. The molecule has 1 aromatic rings. The van der Waals surface area contributed by atoms with Gasteiger partial charge in [-0.15, -0.1) is 0 Å². The Hall–Kier alpha value is -1.55. The largest absolute Gasteiger partial charge is 0.362 e. The molecule has 1 aliphatic heterocycles. The van der Waals surface area contributed by atoms with Gasteiger partial charge in [-0.1, -0.05) is 18.2 Å². The maximum Gasteiger partial charge on any atom is 0.242 e. The number of benzene rings is 1. The van der Waals surface area contributed by atoms with E-state index in [2.05, 4.69) is 17.0 Å². The first-order chi connectivity index (χ1) is 9.00. The standard InChI is InChI=1S/C15H23N3O/c1-11(2)17(3)15(19)10-18-9-8-13(16)12-6-4-5-7-14(12)18/h4-7,11,13H,8-10,16H2,1-3H3. The predicted molar refractivity (Wildman–Crippen MR) is 78.1 cm³/mol. The van der Waals surface area contributed by atoms with Crippen molar-refractivity contribution in [2.45, 2.75) is 32.4 Å². The van der Waals surface area contributed by atoms with Crippen LogP contribution in [-0.2, 0) is 4.79 Å². The zero-order valence-corrected chi connectivity index (χ0v) is 12.0. The van der Waals surface area contributed by atoms with E-state index in [1.807, 2.05) is 33.0 Å². The van der Waals surface area contributed by atoms with Crippen LogP contribution in [0.4, 0.5) is 5.69 Å². The molecule has 1 aromatic carbocycles. The third-order valence-corrected chi connectivity index (χ3v) is 3.88. The van der Waals surface area contributed by atoms with E-state index in [0.717, 1.165) is 24.2 Å². The van der Waals surface area contributed by atoms with Gasteiger partial charge in [0.15, 0.2) is 0 Å². The van der Waals surface area contributed by atoms with Crippen molar-refractivity contribution in [3.8, 4) is 0 Å². The molecular formula is C15H23N3O. The lowest BCUT2D eigenvalue weighted by Crippen LogP contribution is -2.44. The first kappa shape index (κ1) is 13.9. The van der Waals surface area contributed by atoms with E-state index in [1.165, 1.54) is 0 Å². The smallest absolute Gasteiger partial charge is 0.242 e. The Morgan fingerprint density at radius 1 is 1.47 bits per heavy atom. The van der Waals surface area contributed by atoms with Crippen LogP contribution in [0, 0.1) is 0 Å². The summed E-state index contributed by atoms with van der Waals surface area (Å²) >= 11 is 0. The third-order valence-electron chi connectivity index (χ3n) is 3.88. The fourth-order valence-electron chi connectivity index (χ4n) is 2.39. The van der Waals surface area contributed by atoms with Crippen molar-refractivity contribution in [1.82, 2.24) is 4.90 Å². The van der Waals surface area contributed by atoms with Gasteiger partial charge in [0.2, 0.25) is 5.91 Å². The highest BCUT2D eigenvalue weighted by Crippen LogP contribution is 2.31.